The third-order valence-corrected chi connectivity index (χ3v) is 13.4. The Bertz CT molecular complexity index is 2520. The van der Waals surface area contributed by atoms with Crippen molar-refractivity contribution in [2.24, 2.45) is 0 Å². The average molecular weight is 873 g/mol. The predicted molar refractivity (Wildman–Crippen MR) is 227 cm³/mol. The van der Waals surface area contributed by atoms with Crippen LogP contribution in [0.2, 0.25) is 0 Å². The molecule has 0 radical (unpaired) electrons. The van der Waals surface area contributed by atoms with Crippen LogP contribution in [-0.2, 0) is 20.2 Å². The number of hydrogen-bond donors (Lipinski definition) is 4. The Hall–Kier alpha value is -6.08. The molecular weight excluding hydrogens is 829 g/mol. The van der Waals surface area contributed by atoms with Crippen molar-refractivity contribution in [2.45, 2.75) is 55.9 Å². The molecule has 61 heavy (non-hydrogen) atoms. The Morgan fingerprint density at radius 2 is 0.984 bits per heavy atom. The number of nitrogens with one attached hydrogen (secondary N) is 2. The van der Waals surface area contributed by atoms with Gasteiger partial charge in [0.2, 0.25) is 0 Å². The van der Waals surface area contributed by atoms with Gasteiger partial charge in [-0.2, -0.15) is 16.8 Å². The molecule has 4 aliphatic rings. The Morgan fingerprint density at radius 1 is 0.607 bits per heavy atom. The zero-order valence-corrected chi connectivity index (χ0v) is 35.2. The predicted octanol–water partition coefficient (Wildman–Crippen LogP) is 5.96. The molecule has 4 aromatic carbocycles. The van der Waals surface area contributed by atoms with Crippen molar-refractivity contribution in [3.63, 3.8) is 0 Å². The molecule has 4 atom stereocenters. The lowest BCUT2D eigenvalue weighted by molar-refractivity contribution is 0.0782. The normalized spacial score (nSPS) is 20.8. The van der Waals surface area contributed by atoms with E-state index in [4.69, 9.17) is 18.9 Å². The molecule has 320 valence electrons. The van der Waals surface area contributed by atoms with Crippen LogP contribution >= 0.6 is 0 Å². The second-order valence-corrected chi connectivity index (χ2v) is 18.4. The zero-order chi connectivity index (χ0) is 43.4. The number of hydrogen-bond acceptors (Lipinski definition) is 12. The van der Waals surface area contributed by atoms with Crippen molar-refractivity contribution in [3.05, 3.63) is 119 Å². The summed E-state index contributed by atoms with van der Waals surface area (Å²) in [7, 11) is -6.62. The SMILES string of the molecule is COc1cc2c(cc1OCCCOc1cc3c(cc1OC)C(=O)N1C=C(c4ccc(C)cc4)C[C@H]1C(S(=O)(=O)O)N3)NC(S(=O)(=O)O)[C@@H]1CC(c3ccc(C)cc3)=CN1C2=O. The maximum absolute atomic E-state index is 14.0. The minimum Gasteiger partial charge on any atom is -0.493 e. The second-order valence-electron chi connectivity index (χ2n) is 15.3. The molecule has 4 heterocycles. The fourth-order valence-electron chi connectivity index (χ4n) is 8.13. The maximum atomic E-state index is 14.0. The topological polar surface area (TPSA) is 210 Å². The van der Waals surface area contributed by atoms with Crippen LogP contribution in [0.5, 0.6) is 23.0 Å². The number of carbonyl (C=O) groups is 2. The average Bonchev–Trinajstić information content (AvgIpc) is 3.81. The summed E-state index contributed by atoms with van der Waals surface area (Å²) in [4.78, 5) is 30.6. The van der Waals surface area contributed by atoms with Gasteiger partial charge in [0.1, 0.15) is 0 Å². The minimum absolute atomic E-state index is 0.0589. The molecule has 16 nitrogen and oxygen atoms in total. The van der Waals surface area contributed by atoms with Gasteiger partial charge in [0.15, 0.2) is 33.7 Å². The molecule has 0 saturated heterocycles. The largest absolute Gasteiger partial charge is 0.493 e. The summed E-state index contributed by atoms with van der Waals surface area (Å²) in [6.07, 6.45) is 3.87. The first-order valence-corrected chi connectivity index (χ1v) is 22.4. The molecule has 4 N–H and O–H groups in total. The highest BCUT2D eigenvalue weighted by molar-refractivity contribution is 7.86. The summed E-state index contributed by atoms with van der Waals surface area (Å²) in [5.74, 6) is -0.188. The molecule has 4 aliphatic heterocycles. The van der Waals surface area contributed by atoms with E-state index in [2.05, 4.69) is 10.6 Å². The number of fused-ring (bicyclic) bond motifs is 4. The van der Waals surface area contributed by atoms with E-state index in [0.29, 0.717) is 0 Å². The number of anilines is 2. The molecule has 8 rings (SSSR count). The number of aryl methyl sites for hydroxylation is 2. The smallest absolute Gasteiger partial charge is 0.288 e. The Morgan fingerprint density at radius 3 is 1.33 bits per heavy atom. The molecular formula is C43H44N4O12S2. The quantitative estimate of drug-likeness (QED) is 0.0957. The molecule has 0 saturated carbocycles. The van der Waals surface area contributed by atoms with Gasteiger partial charge in [-0.25, -0.2) is 0 Å². The summed E-state index contributed by atoms with van der Waals surface area (Å²) in [5, 5.41) is 2.66. The fourth-order valence-corrected chi connectivity index (χ4v) is 9.93. The third-order valence-electron chi connectivity index (χ3n) is 11.3. The second kappa shape index (κ2) is 16.1. The molecule has 2 unspecified atom stereocenters. The van der Waals surface area contributed by atoms with Crippen LogP contribution < -0.4 is 29.6 Å². The number of carbonyl (C=O) groups excluding carboxylic acids is 2. The molecule has 0 fully saturated rings. The highest BCUT2D eigenvalue weighted by atomic mass is 32.2. The van der Waals surface area contributed by atoms with Gasteiger partial charge in [-0.3, -0.25) is 18.7 Å². The van der Waals surface area contributed by atoms with Crippen molar-refractivity contribution in [2.75, 3.05) is 38.1 Å². The molecule has 2 amide bonds. The van der Waals surface area contributed by atoms with Gasteiger partial charge >= 0.3 is 0 Å². The Kier molecular flexibility index (Phi) is 11.0. The third kappa shape index (κ3) is 8.10. The van der Waals surface area contributed by atoms with Crippen LogP contribution in [0.1, 0.15) is 62.2 Å². The lowest BCUT2D eigenvalue weighted by Crippen LogP contribution is -2.46. The van der Waals surface area contributed by atoms with Crippen molar-refractivity contribution < 1.29 is 54.5 Å². The number of ether oxygens (including phenoxy) is 4. The van der Waals surface area contributed by atoms with Crippen molar-refractivity contribution in [1.82, 2.24) is 9.80 Å². The van der Waals surface area contributed by atoms with Crippen LogP contribution in [0, 0.1) is 13.8 Å². The number of benzene rings is 4. The van der Waals surface area contributed by atoms with Gasteiger partial charge < -0.3 is 39.4 Å². The first kappa shape index (κ1) is 41.6. The number of rotatable bonds is 12. The molecule has 0 aromatic heterocycles. The van der Waals surface area contributed by atoms with Crippen LogP contribution in [0.25, 0.3) is 11.1 Å². The van der Waals surface area contributed by atoms with Crippen LogP contribution in [0.3, 0.4) is 0 Å². The first-order chi connectivity index (χ1) is 29.0. The monoisotopic (exact) mass is 872 g/mol. The summed E-state index contributed by atoms with van der Waals surface area (Å²) < 4.78 is 95.1. The molecule has 4 aromatic rings. The molecule has 0 bridgehead atoms. The number of nitrogens with zero attached hydrogens (tertiary/aromatic N) is 2. The number of amides is 2. The summed E-state index contributed by atoms with van der Waals surface area (Å²) in [6, 6.07) is 19.2. The standard InChI is InChI=1S/C43H44N4O12S2/c1-24-6-10-26(11-7-24)28-16-34-40(60(50,51)52)44-32-20-38(36(56-3)18-30(32)42(48)46(34)22-28)58-14-5-15-59-39-21-33-31(19-37(39)57-4)43(49)47-23-29(27-12-8-25(2)9-13-27)17-35(47)41(45-33)61(53,54)55/h6-13,18-23,34-35,40-41,44-45H,5,14-17H2,1-4H3,(H,50,51,52)(H,53,54,55)/t34-,35-,40?,41?/m0/s1. The first-order valence-electron chi connectivity index (χ1n) is 19.4. The van der Waals surface area contributed by atoms with Crippen molar-refractivity contribution in [1.29, 1.82) is 0 Å². The van der Waals surface area contributed by atoms with Gasteiger partial charge in [0.05, 0.1) is 62.0 Å². The van der Waals surface area contributed by atoms with E-state index in [-0.39, 0.29) is 78.0 Å². The van der Waals surface area contributed by atoms with Crippen molar-refractivity contribution >= 4 is 54.6 Å². The van der Waals surface area contributed by atoms with E-state index in [1.54, 1.807) is 12.4 Å². The van der Waals surface area contributed by atoms with E-state index in [1.807, 2.05) is 62.4 Å². The lowest BCUT2D eigenvalue weighted by atomic mass is 10.0. The summed E-state index contributed by atoms with van der Waals surface area (Å²) >= 11 is 0. The Balaban J connectivity index is 0.983. The highest BCUT2D eigenvalue weighted by Crippen LogP contribution is 2.44. The van der Waals surface area contributed by atoms with E-state index in [9.17, 15) is 35.5 Å². The zero-order valence-electron chi connectivity index (χ0n) is 33.6. The molecule has 18 heteroatoms. The van der Waals surface area contributed by atoms with E-state index < -0.39 is 54.9 Å². The van der Waals surface area contributed by atoms with E-state index >= 15 is 0 Å². The van der Waals surface area contributed by atoms with Gasteiger partial charge in [0.25, 0.3) is 32.1 Å². The van der Waals surface area contributed by atoms with Crippen molar-refractivity contribution in [3.8, 4) is 23.0 Å². The van der Waals surface area contributed by atoms with Gasteiger partial charge in [-0.15, -0.1) is 0 Å². The van der Waals surface area contributed by atoms with E-state index in [0.717, 1.165) is 33.4 Å². The van der Waals surface area contributed by atoms with Crippen LogP contribution in [0.4, 0.5) is 11.4 Å². The van der Waals surface area contributed by atoms with Crippen LogP contribution in [-0.4, -0.2) is 97.8 Å². The van der Waals surface area contributed by atoms with Gasteiger partial charge in [-0.05, 0) is 61.1 Å². The van der Waals surface area contributed by atoms with Crippen LogP contribution in [0.15, 0.2) is 85.2 Å². The van der Waals surface area contributed by atoms with Gasteiger partial charge in [-0.1, -0.05) is 59.7 Å². The molecule has 0 spiro atoms. The lowest BCUT2D eigenvalue weighted by Gasteiger charge is -2.26. The Labute approximate surface area is 353 Å². The summed E-state index contributed by atoms with van der Waals surface area (Å²) in [5.41, 5.74) is 5.72. The van der Waals surface area contributed by atoms with Gasteiger partial charge in [0, 0.05) is 31.0 Å². The fraction of sp³-hybridized carbons (Fsp3) is 0.302. The maximum Gasteiger partial charge on any atom is 0.288 e. The molecule has 0 aliphatic carbocycles. The number of methoxy groups -OCH3 is 2. The van der Waals surface area contributed by atoms with E-state index in [1.165, 1.54) is 48.3 Å². The highest BCUT2D eigenvalue weighted by Gasteiger charge is 2.47. The minimum atomic E-state index is -4.71. The summed E-state index contributed by atoms with van der Waals surface area (Å²) in [6.45, 7) is 4.02.